The maximum atomic E-state index is 13.3. The summed E-state index contributed by atoms with van der Waals surface area (Å²) in [7, 11) is 0. The zero-order chi connectivity index (χ0) is 23.4. The number of ether oxygens (including phenoxy) is 2. The van der Waals surface area contributed by atoms with E-state index in [1.54, 1.807) is 15.5 Å². The van der Waals surface area contributed by atoms with Gasteiger partial charge < -0.3 is 23.8 Å². The SMILES string of the molecule is C[C@H]1CN(C(=O)OC(C)(C)C)CCN1c1c(C#N)c(=O)n2c3c(c(Br)c(Cl)cc13)OCC2. The number of halogens is 2. The number of rotatable bonds is 1. The van der Waals surface area contributed by atoms with Crippen molar-refractivity contribution in [2.24, 2.45) is 0 Å². The standard InChI is InChI=1S/C22H24BrClN4O4/c1-12-11-26(21(30)32-22(2,3)4)5-6-27(12)17-13-9-15(24)16(23)19-18(13)28(7-8-31-19)20(29)14(17)10-25/h9,12H,5-8,11H2,1-4H3/t12-/m0/s1. The summed E-state index contributed by atoms with van der Waals surface area (Å²) < 4.78 is 13.5. The molecule has 170 valence electrons. The predicted octanol–water partition coefficient (Wildman–Crippen LogP) is 4.13. The molecule has 1 fully saturated rings. The topological polar surface area (TPSA) is 87.8 Å². The van der Waals surface area contributed by atoms with Crippen LogP contribution in [-0.4, -0.2) is 53.4 Å². The van der Waals surface area contributed by atoms with Crippen LogP contribution in [-0.2, 0) is 11.3 Å². The summed E-state index contributed by atoms with van der Waals surface area (Å²) in [5.41, 5.74) is 0.284. The molecule has 32 heavy (non-hydrogen) atoms. The molecule has 1 aromatic heterocycles. The number of carbonyl (C=O) groups is 1. The second kappa shape index (κ2) is 8.16. The van der Waals surface area contributed by atoms with Gasteiger partial charge in [-0.05, 0) is 49.7 Å². The number of anilines is 1. The van der Waals surface area contributed by atoms with Crippen molar-refractivity contribution in [2.75, 3.05) is 31.1 Å². The van der Waals surface area contributed by atoms with Crippen LogP contribution in [0.2, 0.25) is 5.02 Å². The lowest BCUT2D eigenvalue weighted by atomic mass is 10.0. The van der Waals surface area contributed by atoms with Crippen LogP contribution in [0, 0.1) is 11.3 Å². The van der Waals surface area contributed by atoms with Crippen LogP contribution in [0.3, 0.4) is 0 Å². The molecule has 10 heteroatoms. The summed E-state index contributed by atoms with van der Waals surface area (Å²) in [5, 5.41) is 11.0. The van der Waals surface area contributed by atoms with Crippen LogP contribution < -0.4 is 15.2 Å². The van der Waals surface area contributed by atoms with Crippen molar-refractivity contribution >= 4 is 50.2 Å². The number of amides is 1. The number of benzene rings is 1. The highest BCUT2D eigenvalue weighted by atomic mass is 79.9. The Balaban J connectivity index is 1.82. The summed E-state index contributed by atoms with van der Waals surface area (Å²) in [6.07, 6.45) is -0.373. The van der Waals surface area contributed by atoms with Crippen LogP contribution in [0.4, 0.5) is 10.5 Å². The van der Waals surface area contributed by atoms with Crippen molar-refractivity contribution < 1.29 is 14.3 Å². The Hall–Kier alpha value is -2.44. The molecule has 2 aromatic rings. The van der Waals surface area contributed by atoms with Gasteiger partial charge in [-0.1, -0.05) is 11.6 Å². The van der Waals surface area contributed by atoms with E-state index < -0.39 is 5.60 Å². The minimum absolute atomic E-state index is 0.0707. The minimum atomic E-state index is -0.583. The van der Waals surface area contributed by atoms with E-state index in [0.29, 0.717) is 64.6 Å². The Morgan fingerprint density at radius 2 is 2.06 bits per heavy atom. The Morgan fingerprint density at radius 1 is 1.34 bits per heavy atom. The first-order chi connectivity index (χ1) is 15.0. The normalized spacial score (nSPS) is 18.3. The number of carbonyl (C=O) groups excluding carboxylic acids is 1. The van der Waals surface area contributed by atoms with Crippen LogP contribution in [0.25, 0.3) is 10.9 Å². The summed E-state index contributed by atoms with van der Waals surface area (Å²) in [5.74, 6) is 0.502. The van der Waals surface area contributed by atoms with Crippen molar-refractivity contribution in [1.29, 1.82) is 5.26 Å². The third-order valence-corrected chi connectivity index (χ3v) is 6.92. The van der Waals surface area contributed by atoms with Crippen molar-refractivity contribution in [1.82, 2.24) is 9.47 Å². The number of nitrogens with zero attached hydrogens (tertiary/aromatic N) is 4. The van der Waals surface area contributed by atoms with E-state index in [9.17, 15) is 14.9 Å². The highest BCUT2D eigenvalue weighted by Crippen LogP contribution is 2.44. The molecule has 0 saturated carbocycles. The van der Waals surface area contributed by atoms with E-state index in [1.807, 2.05) is 32.6 Å². The van der Waals surface area contributed by atoms with Crippen molar-refractivity contribution in [2.45, 2.75) is 45.9 Å². The van der Waals surface area contributed by atoms with E-state index >= 15 is 0 Å². The van der Waals surface area contributed by atoms with E-state index in [2.05, 4.69) is 22.0 Å². The molecule has 4 rings (SSSR count). The average Bonchev–Trinajstić information content (AvgIpc) is 2.72. The number of hydrogen-bond acceptors (Lipinski definition) is 6. The van der Waals surface area contributed by atoms with Crippen LogP contribution >= 0.6 is 27.5 Å². The Labute approximate surface area is 199 Å². The number of pyridine rings is 1. The van der Waals surface area contributed by atoms with E-state index in [0.717, 1.165) is 0 Å². The van der Waals surface area contributed by atoms with Crippen LogP contribution in [0.1, 0.15) is 33.3 Å². The molecule has 0 aliphatic carbocycles. The van der Waals surface area contributed by atoms with Gasteiger partial charge in [-0.2, -0.15) is 5.26 Å². The molecule has 8 nitrogen and oxygen atoms in total. The molecule has 1 aromatic carbocycles. The van der Waals surface area contributed by atoms with E-state index in [-0.39, 0.29) is 23.3 Å². The lowest BCUT2D eigenvalue weighted by Gasteiger charge is -2.42. The van der Waals surface area contributed by atoms with Gasteiger partial charge in [0.05, 0.1) is 27.2 Å². The summed E-state index contributed by atoms with van der Waals surface area (Å²) in [6.45, 7) is 9.36. The maximum absolute atomic E-state index is 13.3. The highest BCUT2D eigenvalue weighted by Gasteiger charge is 2.34. The average molecular weight is 524 g/mol. The lowest BCUT2D eigenvalue weighted by molar-refractivity contribution is 0.0219. The third kappa shape index (κ3) is 3.80. The molecule has 1 amide bonds. The first-order valence-corrected chi connectivity index (χ1v) is 11.6. The van der Waals surface area contributed by atoms with Crippen LogP contribution in [0.15, 0.2) is 15.3 Å². The van der Waals surface area contributed by atoms with Gasteiger partial charge in [0.1, 0.15) is 23.8 Å². The van der Waals surface area contributed by atoms with Crippen LogP contribution in [0.5, 0.6) is 5.75 Å². The quantitative estimate of drug-likeness (QED) is 0.559. The fourth-order valence-electron chi connectivity index (χ4n) is 4.28. The Bertz CT molecular complexity index is 1210. The maximum Gasteiger partial charge on any atom is 0.410 e. The van der Waals surface area contributed by atoms with E-state index in [1.165, 1.54) is 0 Å². The lowest BCUT2D eigenvalue weighted by Crippen LogP contribution is -2.55. The highest BCUT2D eigenvalue weighted by molar-refractivity contribution is 9.10. The first kappa shape index (κ1) is 22.7. The number of nitriles is 1. The van der Waals surface area contributed by atoms with Gasteiger partial charge in [0.15, 0.2) is 5.75 Å². The zero-order valence-electron chi connectivity index (χ0n) is 18.4. The second-order valence-corrected chi connectivity index (χ2v) is 10.2. The summed E-state index contributed by atoms with van der Waals surface area (Å²) in [4.78, 5) is 29.5. The summed E-state index contributed by atoms with van der Waals surface area (Å²) >= 11 is 9.93. The van der Waals surface area contributed by atoms with Gasteiger partial charge in [-0.25, -0.2) is 4.79 Å². The fourth-order valence-corrected chi connectivity index (χ4v) is 4.89. The number of piperazine rings is 1. The molecule has 3 heterocycles. The minimum Gasteiger partial charge on any atom is -0.488 e. The fraction of sp³-hybridized carbons (Fsp3) is 0.500. The monoisotopic (exact) mass is 522 g/mol. The molecule has 0 N–H and O–H groups in total. The van der Waals surface area contributed by atoms with Gasteiger partial charge in [-0.3, -0.25) is 4.79 Å². The Kier molecular flexibility index (Phi) is 5.80. The number of hydrogen-bond donors (Lipinski definition) is 0. The second-order valence-electron chi connectivity index (χ2n) is 9.01. The molecule has 0 spiro atoms. The number of aromatic nitrogens is 1. The zero-order valence-corrected chi connectivity index (χ0v) is 20.7. The van der Waals surface area contributed by atoms with Gasteiger partial charge in [-0.15, -0.1) is 0 Å². The van der Waals surface area contributed by atoms with Gasteiger partial charge >= 0.3 is 6.09 Å². The molecule has 1 saturated heterocycles. The van der Waals surface area contributed by atoms with Gasteiger partial charge in [0.25, 0.3) is 5.56 Å². The van der Waals surface area contributed by atoms with Crippen molar-refractivity contribution in [3.63, 3.8) is 0 Å². The molecular formula is C22H24BrClN4O4. The third-order valence-electron chi connectivity index (χ3n) is 5.61. The summed E-state index contributed by atoms with van der Waals surface area (Å²) in [6, 6.07) is 3.72. The molecule has 0 unspecified atom stereocenters. The molecule has 0 bridgehead atoms. The molecule has 2 aliphatic heterocycles. The smallest absolute Gasteiger partial charge is 0.410 e. The van der Waals surface area contributed by atoms with Gasteiger partial charge in [0, 0.05) is 31.1 Å². The largest absolute Gasteiger partial charge is 0.488 e. The molecule has 0 radical (unpaired) electrons. The molecule has 1 atom stereocenters. The van der Waals surface area contributed by atoms with Gasteiger partial charge in [0.2, 0.25) is 0 Å². The van der Waals surface area contributed by atoms with Crippen molar-refractivity contribution in [3.05, 3.63) is 31.5 Å². The Morgan fingerprint density at radius 3 is 2.69 bits per heavy atom. The van der Waals surface area contributed by atoms with Crippen molar-refractivity contribution in [3.8, 4) is 11.8 Å². The first-order valence-electron chi connectivity index (χ1n) is 10.4. The molecule has 2 aliphatic rings. The predicted molar refractivity (Wildman–Crippen MR) is 126 cm³/mol. The van der Waals surface area contributed by atoms with E-state index in [4.69, 9.17) is 21.1 Å². The molecular weight excluding hydrogens is 500 g/mol.